The predicted octanol–water partition coefficient (Wildman–Crippen LogP) is 2.17. The molecule has 1 amide bonds. The molecule has 0 aliphatic carbocycles. The van der Waals surface area contributed by atoms with Crippen LogP contribution in [-0.2, 0) is 10.0 Å². The summed E-state index contributed by atoms with van der Waals surface area (Å²) in [5.41, 5.74) is 0.304. The van der Waals surface area contributed by atoms with Crippen molar-refractivity contribution >= 4 is 15.9 Å². The van der Waals surface area contributed by atoms with Gasteiger partial charge < -0.3 is 9.64 Å². The number of hydrogen-bond acceptors (Lipinski definition) is 5. The minimum atomic E-state index is -3.45. The summed E-state index contributed by atoms with van der Waals surface area (Å²) in [6.07, 6.45) is 2.50. The molecule has 1 unspecified atom stereocenters. The molecular formula is C18H20FN3O4S. The Bertz CT molecular complexity index is 936. The molecule has 1 N–H and O–H groups in total. The zero-order chi connectivity index (χ0) is 19.4. The summed E-state index contributed by atoms with van der Waals surface area (Å²) in [7, 11) is -2.08. The molecule has 1 aromatic heterocycles. The van der Waals surface area contributed by atoms with Gasteiger partial charge in [-0.15, -0.1) is 0 Å². The number of likely N-dealkylation sites (tertiary alicyclic amines) is 1. The van der Waals surface area contributed by atoms with Gasteiger partial charge in [0, 0.05) is 30.9 Å². The van der Waals surface area contributed by atoms with Crippen molar-refractivity contribution in [2.75, 3.05) is 20.1 Å². The minimum Gasteiger partial charge on any atom is -0.436 e. The highest BCUT2D eigenvalue weighted by Crippen LogP contribution is 2.24. The Morgan fingerprint density at radius 2 is 2.11 bits per heavy atom. The van der Waals surface area contributed by atoms with Gasteiger partial charge in [0.15, 0.2) is 11.6 Å². The van der Waals surface area contributed by atoms with Crippen LogP contribution in [0.25, 0.3) is 0 Å². The zero-order valence-corrected chi connectivity index (χ0v) is 15.6. The molecule has 27 heavy (non-hydrogen) atoms. The number of ether oxygens (including phenoxy) is 1. The standard InChI is InChI=1S/C18H20FN3O4S/c1-20-27(24,25)14-5-4-10-22(12-14)18(23)13-8-9-21-17(11-13)26-16-7-3-2-6-15(16)19/h2-3,6-9,11,14,20H,4-5,10,12H2,1H3. The van der Waals surface area contributed by atoms with Gasteiger partial charge >= 0.3 is 0 Å². The van der Waals surface area contributed by atoms with E-state index in [-0.39, 0.29) is 24.1 Å². The number of amides is 1. The Morgan fingerprint density at radius 1 is 1.33 bits per heavy atom. The number of halogens is 1. The first-order chi connectivity index (χ1) is 12.9. The predicted molar refractivity (Wildman–Crippen MR) is 97.6 cm³/mol. The van der Waals surface area contributed by atoms with Crippen molar-refractivity contribution in [1.82, 2.24) is 14.6 Å². The van der Waals surface area contributed by atoms with E-state index in [4.69, 9.17) is 4.74 Å². The molecule has 1 aliphatic rings. The SMILES string of the molecule is CNS(=O)(=O)C1CCCN(C(=O)c2ccnc(Oc3ccccc3F)c2)C1. The van der Waals surface area contributed by atoms with E-state index in [0.717, 1.165) is 0 Å². The highest BCUT2D eigenvalue weighted by atomic mass is 32.2. The lowest BCUT2D eigenvalue weighted by atomic mass is 10.1. The molecular weight excluding hydrogens is 373 g/mol. The van der Waals surface area contributed by atoms with E-state index in [1.165, 1.54) is 42.4 Å². The van der Waals surface area contributed by atoms with Gasteiger partial charge in [-0.3, -0.25) is 4.79 Å². The van der Waals surface area contributed by atoms with E-state index >= 15 is 0 Å². The van der Waals surface area contributed by atoms with Crippen molar-refractivity contribution in [2.45, 2.75) is 18.1 Å². The minimum absolute atomic E-state index is 0.00718. The van der Waals surface area contributed by atoms with Crippen LogP contribution in [0.3, 0.4) is 0 Å². The van der Waals surface area contributed by atoms with Crippen molar-refractivity contribution in [3.05, 3.63) is 54.0 Å². The number of nitrogens with one attached hydrogen (secondary N) is 1. The average molecular weight is 393 g/mol. The summed E-state index contributed by atoms with van der Waals surface area (Å²) < 4.78 is 45.5. The van der Waals surface area contributed by atoms with Crippen LogP contribution in [-0.4, -0.2) is 49.6 Å². The molecule has 1 aliphatic heterocycles. The number of hydrogen-bond donors (Lipinski definition) is 1. The number of pyridine rings is 1. The second kappa shape index (κ2) is 8.01. The van der Waals surface area contributed by atoms with Crippen LogP contribution in [0.15, 0.2) is 42.6 Å². The molecule has 0 spiro atoms. The molecule has 9 heteroatoms. The average Bonchev–Trinajstić information content (AvgIpc) is 2.69. The fourth-order valence-corrected chi connectivity index (χ4v) is 4.15. The zero-order valence-electron chi connectivity index (χ0n) is 14.8. The molecule has 0 bridgehead atoms. The third-order valence-corrected chi connectivity index (χ3v) is 6.25. The van der Waals surface area contributed by atoms with Gasteiger partial charge in [0.05, 0.1) is 5.25 Å². The van der Waals surface area contributed by atoms with Crippen molar-refractivity contribution in [1.29, 1.82) is 0 Å². The lowest BCUT2D eigenvalue weighted by molar-refractivity contribution is 0.0726. The maximum atomic E-state index is 13.7. The number of rotatable bonds is 5. The third-order valence-electron chi connectivity index (χ3n) is 4.42. The van der Waals surface area contributed by atoms with E-state index in [9.17, 15) is 17.6 Å². The summed E-state index contributed by atoms with van der Waals surface area (Å²) in [4.78, 5) is 18.3. The van der Waals surface area contributed by atoms with Crippen molar-refractivity contribution in [3.8, 4) is 11.6 Å². The number of para-hydroxylation sites is 1. The fraction of sp³-hybridized carbons (Fsp3) is 0.333. The molecule has 144 valence electrons. The number of aromatic nitrogens is 1. The second-order valence-corrected chi connectivity index (χ2v) is 8.34. The number of nitrogens with zero attached hydrogens (tertiary/aromatic N) is 2. The maximum absolute atomic E-state index is 13.7. The van der Waals surface area contributed by atoms with Gasteiger partial charge in [-0.2, -0.15) is 0 Å². The molecule has 1 atom stereocenters. The van der Waals surface area contributed by atoms with Crippen LogP contribution in [0.4, 0.5) is 4.39 Å². The number of carbonyl (C=O) groups excluding carboxylic acids is 1. The Balaban J connectivity index is 1.76. The van der Waals surface area contributed by atoms with Crippen molar-refractivity contribution in [3.63, 3.8) is 0 Å². The molecule has 0 radical (unpaired) electrons. The number of carbonyl (C=O) groups is 1. The van der Waals surface area contributed by atoms with Gasteiger partial charge in [-0.05, 0) is 38.1 Å². The maximum Gasteiger partial charge on any atom is 0.254 e. The van der Waals surface area contributed by atoms with Crippen LogP contribution >= 0.6 is 0 Å². The fourth-order valence-electron chi connectivity index (χ4n) is 2.96. The van der Waals surface area contributed by atoms with E-state index < -0.39 is 21.1 Å². The van der Waals surface area contributed by atoms with Crippen LogP contribution in [0, 0.1) is 5.82 Å². The largest absolute Gasteiger partial charge is 0.436 e. The summed E-state index contributed by atoms with van der Waals surface area (Å²) in [5.74, 6) is -0.755. The molecule has 1 saturated heterocycles. The van der Waals surface area contributed by atoms with Gasteiger partial charge in [0.2, 0.25) is 15.9 Å². The molecule has 3 rings (SSSR count). The van der Waals surface area contributed by atoms with Crippen LogP contribution in [0.5, 0.6) is 11.6 Å². The number of sulfonamides is 1. The second-order valence-electron chi connectivity index (χ2n) is 6.18. The molecule has 1 fully saturated rings. The molecule has 7 nitrogen and oxygen atoms in total. The van der Waals surface area contributed by atoms with Crippen LogP contribution in [0.1, 0.15) is 23.2 Å². The van der Waals surface area contributed by atoms with Crippen molar-refractivity contribution < 1.29 is 22.3 Å². The Kier molecular flexibility index (Phi) is 5.71. The highest BCUT2D eigenvalue weighted by molar-refractivity contribution is 7.90. The first-order valence-electron chi connectivity index (χ1n) is 8.51. The summed E-state index contributed by atoms with van der Waals surface area (Å²) in [6.45, 7) is 0.591. The quantitative estimate of drug-likeness (QED) is 0.841. The molecule has 2 aromatic rings. The van der Waals surface area contributed by atoms with E-state index in [2.05, 4.69) is 9.71 Å². The van der Waals surface area contributed by atoms with E-state index in [0.29, 0.717) is 24.9 Å². The molecule has 2 heterocycles. The van der Waals surface area contributed by atoms with Gasteiger partial charge in [-0.25, -0.2) is 22.5 Å². The third kappa shape index (κ3) is 4.42. The van der Waals surface area contributed by atoms with Crippen LogP contribution in [0.2, 0.25) is 0 Å². The highest BCUT2D eigenvalue weighted by Gasteiger charge is 2.32. The number of piperidine rings is 1. The number of benzene rings is 1. The smallest absolute Gasteiger partial charge is 0.254 e. The molecule has 1 aromatic carbocycles. The van der Waals surface area contributed by atoms with E-state index in [1.807, 2.05) is 0 Å². The summed E-state index contributed by atoms with van der Waals surface area (Å²) >= 11 is 0. The first kappa shape index (κ1) is 19.2. The van der Waals surface area contributed by atoms with Gasteiger partial charge in [0.25, 0.3) is 5.91 Å². The normalized spacial score (nSPS) is 17.6. The summed E-state index contributed by atoms with van der Waals surface area (Å²) in [5, 5.41) is -0.642. The Labute approximate surface area is 157 Å². The van der Waals surface area contributed by atoms with E-state index in [1.54, 1.807) is 12.1 Å². The van der Waals surface area contributed by atoms with Gasteiger partial charge in [0.1, 0.15) is 0 Å². The van der Waals surface area contributed by atoms with Gasteiger partial charge in [-0.1, -0.05) is 12.1 Å². The Hall–Kier alpha value is -2.52. The topological polar surface area (TPSA) is 88.6 Å². The first-order valence-corrected chi connectivity index (χ1v) is 10.1. The Morgan fingerprint density at radius 3 is 2.85 bits per heavy atom. The van der Waals surface area contributed by atoms with Crippen LogP contribution < -0.4 is 9.46 Å². The monoisotopic (exact) mass is 393 g/mol. The lowest BCUT2D eigenvalue weighted by Gasteiger charge is -2.32. The summed E-state index contributed by atoms with van der Waals surface area (Å²) in [6, 6.07) is 8.84. The van der Waals surface area contributed by atoms with Crippen molar-refractivity contribution in [2.24, 2.45) is 0 Å². The molecule has 0 saturated carbocycles. The lowest BCUT2D eigenvalue weighted by Crippen LogP contribution is -2.47.